The lowest BCUT2D eigenvalue weighted by Crippen LogP contribution is -2.43. The van der Waals surface area contributed by atoms with E-state index in [1.807, 2.05) is 0 Å². The first kappa shape index (κ1) is 19.9. The van der Waals surface area contributed by atoms with Crippen LogP contribution in [0.2, 0.25) is 0 Å². The van der Waals surface area contributed by atoms with Gasteiger partial charge in [-0.15, -0.1) is 0 Å². The van der Waals surface area contributed by atoms with E-state index in [4.69, 9.17) is 0 Å². The maximum absolute atomic E-state index is 13.7. The smallest absolute Gasteiger partial charge is 0.243 e. The number of anilines is 1. The molecule has 2 aromatic rings. The molecule has 1 atom stereocenters. The van der Waals surface area contributed by atoms with E-state index in [1.54, 1.807) is 12.1 Å². The van der Waals surface area contributed by atoms with Gasteiger partial charge in [0, 0.05) is 17.6 Å². The van der Waals surface area contributed by atoms with Crippen molar-refractivity contribution in [2.75, 3.05) is 18.4 Å². The van der Waals surface area contributed by atoms with Crippen molar-refractivity contribution >= 4 is 37.5 Å². The van der Waals surface area contributed by atoms with E-state index in [0.29, 0.717) is 12.8 Å². The molecular formula is C18H17BrF2N2O3S. The molecule has 0 radical (unpaired) electrons. The molecule has 0 aromatic heterocycles. The Bertz CT molecular complexity index is 931. The number of nitrogens with one attached hydrogen (secondary N) is 1. The van der Waals surface area contributed by atoms with Crippen LogP contribution < -0.4 is 5.32 Å². The molecule has 144 valence electrons. The quantitative estimate of drug-likeness (QED) is 0.758. The molecule has 3 rings (SSSR count). The van der Waals surface area contributed by atoms with Crippen molar-refractivity contribution in [2.24, 2.45) is 5.92 Å². The topological polar surface area (TPSA) is 66.5 Å². The van der Waals surface area contributed by atoms with Gasteiger partial charge in [0.05, 0.1) is 10.8 Å². The number of benzene rings is 2. The van der Waals surface area contributed by atoms with Crippen LogP contribution >= 0.6 is 15.9 Å². The summed E-state index contributed by atoms with van der Waals surface area (Å²) in [7, 11) is -3.75. The summed E-state index contributed by atoms with van der Waals surface area (Å²) >= 11 is 3.26. The minimum Gasteiger partial charge on any atom is -0.321 e. The molecule has 1 fully saturated rings. The van der Waals surface area contributed by atoms with Crippen molar-refractivity contribution in [1.29, 1.82) is 0 Å². The van der Waals surface area contributed by atoms with E-state index in [0.717, 1.165) is 16.6 Å². The van der Waals surface area contributed by atoms with Crippen LogP contribution in [0.5, 0.6) is 0 Å². The highest BCUT2D eigenvalue weighted by Crippen LogP contribution is 2.26. The Hall–Kier alpha value is -1.84. The van der Waals surface area contributed by atoms with Crippen molar-refractivity contribution in [1.82, 2.24) is 4.31 Å². The average Bonchev–Trinajstić information content (AvgIpc) is 2.65. The van der Waals surface area contributed by atoms with Gasteiger partial charge in [0.1, 0.15) is 17.3 Å². The SMILES string of the molecule is O=C(Nc1c(F)cccc1F)[C@H]1CCCN(S(=O)(=O)c2ccc(Br)cc2)C1. The normalized spacial score (nSPS) is 18.3. The Morgan fingerprint density at radius 2 is 1.74 bits per heavy atom. The molecule has 1 aliphatic heterocycles. The third-order valence-corrected chi connectivity index (χ3v) is 6.83. The van der Waals surface area contributed by atoms with Crippen molar-refractivity contribution < 1.29 is 22.0 Å². The fraction of sp³-hybridized carbons (Fsp3) is 0.278. The van der Waals surface area contributed by atoms with Crippen LogP contribution in [0.25, 0.3) is 0 Å². The van der Waals surface area contributed by atoms with E-state index < -0.39 is 39.2 Å². The number of rotatable bonds is 4. The van der Waals surface area contributed by atoms with E-state index in [2.05, 4.69) is 21.2 Å². The second-order valence-electron chi connectivity index (χ2n) is 6.24. The zero-order valence-electron chi connectivity index (χ0n) is 14.2. The minimum atomic E-state index is -3.75. The van der Waals surface area contributed by atoms with Gasteiger partial charge in [-0.1, -0.05) is 22.0 Å². The fourth-order valence-corrected chi connectivity index (χ4v) is 4.76. The average molecular weight is 459 g/mol. The standard InChI is InChI=1S/C18H17BrF2N2O3S/c19-13-6-8-14(9-7-13)27(25,26)23-10-2-3-12(11-23)18(24)22-17-15(20)4-1-5-16(17)21/h1,4-9,12H,2-3,10-11H2,(H,22,24)/t12-/m0/s1. The predicted octanol–water partition coefficient (Wildman–Crippen LogP) is 3.77. The molecular weight excluding hydrogens is 442 g/mol. The number of piperidine rings is 1. The molecule has 1 amide bonds. The molecule has 5 nitrogen and oxygen atoms in total. The molecule has 9 heteroatoms. The number of hydrogen-bond donors (Lipinski definition) is 1. The predicted molar refractivity (Wildman–Crippen MR) is 101 cm³/mol. The molecule has 1 heterocycles. The van der Waals surface area contributed by atoms with Gasteiger partial charge in [0.2, 0.25) is 15.9 Å². The van der Waals surface area contributed by atoms with Crippen LogP contribution in [0, 0.1) is 17.6 Å². The monoisotopic (exact) mass is 458 g/mol. The third-order valence-electron chi connectivity index (χ3n) is 4.42. The number of sulfonamides is 1. The van der Waals surface area contributed by atoms with Crippen molar-refractivity contribution in [2.45, 2.75) is 17.7 Å². The number of halogens is 3. The summed E-state index contributed by atoms with van der Waals surface area (Å²) in [6.07, 6.45) is 0.919. The third kappa shape index (κ3) is 4.36. The summed E-state index contributed by atoms with van der Waals surface area (Å²) in [4.78, 5) is 12.6. The molecule has 0 spiro atoms. The zero-order chi connectivity index (χ0) is 19.6. The molecule has 1 saturated heterocycles. The van der Waals surface area contributed by atoms with E-state index in [-0.39, 0.29) is 18.0 Å². The largest absolute Gasteiger partial charge is 0.321 e. The second kappa shape index (κ2) is 8.04. The number of nitrogens with zero attached hydrogens (tertiary/aromatic N) is 1. The summed E-state index contributed by atoms with van der Waals surface area (Å²) in [5.74, 6) is -3.05. The first-order valence-electron chi connectivity index (χ1n) is 8.29. The van der Waals surface area contributed by atoms with E-state index in [9.17, 15) is 22.0 Å². The highest BCUT2D eigenvalue weighted by Gasteiger charge is 2.33. The molecule has 1 aliphatic rings. The highest BCUT2D eigenvalue weighted by molar-refractivity contribution is 9.10. The van der Waals surface area contributed by atoms with E-state index >= 15 is 0 Å². The number of amides is 1. The summed E-state index contributed by atoms with van der Waals surface area (Å²) < 4.78 is 55.0. The zero-order valence-corrected chi connectivity index (χ0v) is 16.6. The highest BCUT2D eigenvalue weighted by atomic mass is 79.9. The maximum atomic E-state index is 13.7. The van der Waals surface area contributed by atoms with Gasteiger partial charge in [-0.3, -0.25) is 4.79 Å². The lowest BCUT2D eigenvalue weighted by atomic mass is 9.98. The molecule has 2 aromatic carbocycles. The second-order valence-corrected chi connectivity index (χ2v) is 9.10. The summed E-state index contributed by atoms with van der Waals surface area (Å²) in [6, 6.07) is 9.51. The number of para-hydroxylation sites is 1. The number of hydrogen-bond acceptors (Lipinski definition) is 3. The molecule has 0 saturated carbocycles. The van der Waals surface area contributed by atoms with Gasteiger partial charge in [-0.2, -0.15) is 4.31 Å². The molecule has 1 N–H and O–H groups in total. The van der Waals surface area contributed by atoms with Crippen LogP contribution in [0.4, 0.5) is 14.5 Å². The van der Waals surface area contributed by atoms with Crippen LogP contribution in [0.3, 0.4) is 0 Å². The van der Waals surface area contributed by atoms with Gasteiger partial charge in [-0.05, 0) is 49.2 Å². The molecule has 0 unspecified atom stereocenters. The number of carbonyl (C=O) groups excluding carboxylic acids is 1. The van der Waals surface area contributed by atoms with Crippen molar-refractivity contribution in [3.8, 4) is 0 Å². The van der Waals surface area contributed by atoms with E-state index in [1.165, 1.54) is 22.5 Å². The Morgan fingerprint density at radius 3 is 2.37 bits per heavy atom. The Morgan fingerprint density at radius 1 is 1.11 bits per heavy atom. The van der Waals surface area contributed by atoms with Gasteiger partial charge >= 0.3 is 0 Å². The summed E-state index contributed by atoms with van der Waals surface area (Å²) in [5.41, 5.74) is -0.518. The summed E-state index contributed by atoms with van der Waals surface area (Å²) in [5, 5.41) is 2.25. The van der Waals surface area contributed by atoms with Crippen molar-refractivity contribution in [3.63, 3.8) is 0 Å². The Balaban J connectivity index is 1.75. The van der Waals surface area contributed by atoms with Crippen LogP contribution in [0.1, 0.15) is 12.8 Å². The van der Waals surface area contributed by atoms with Gasteiger partial charge in [0.15, 0.2) is 0 Å². The lowest BCUT2D eigenvalue weighted by molar-refractivity contribution is -0.120. The fourth-order valence-electron chi connectivity index (χ4n) is 2.97. The minimum absolute atomic E-state index is 0.0414. The Labute approximate surface area is 164 Å². The summed E-state index contributed by atoms with van der Waals surface area (Å²) in [6.45, 7) is 0.247. The lowest BCUT2D eigenvalue weighted by Gasteiger charge is -2.31. The van der Waals surface area contributed by atoms with Gasteiger partial charge in [-0.25, -0.2) is 17.2 Å². The van der Waals surface area contributed by atoms with Gasteiger partial charge in [0.25, 0.3) is 0 Å². The Kier molecular flexibility index (Phi) is 5.92. The van der Waals surface area contributed by atoms with Gasteiger partial charge < -0.3 is 5.32 Å². The van der Waals surface area contributed by atoms with Crippen LogP contribution in [0.15, 0.2) is 51.8 Å². The molecule has 0 bridgehead atoms. The molecule has 0 aliphatic carbocycles. The maximum Gasteiger partial charge on any atom is 0.243 e. The van der Waals surface area contributed by atoms with Crippen LogP contribution in [-0.2, 0) is 14.8 Å². The number of carbonyl (C=O) groups is 1. The molecule has 27 heavy (non-hydrogen) atoms. The van der Waals surface area contributed by atoms with Crippen LogP contribution in [-0.4, -0.2) is 31.7 Å². The van der Waals surface area contributed by atoms with Crippen molar-refractivity contribution in [3.05, 3.63) is 58.6 Å². The first-order valence-corrected chi connectivity index (χ1v) is 10.5. The first-order chi connectivity index (χ1) is 12.8.